The molecule has 0 saturated heterocycles. The van der Waals surface area contributed by atoms with Crippen molar-refractivity contribution < 1.29 is 23.9 Å². The number of benzene rings is 1. The molecule has 7 heteroatoms. The van der Waals surface area contributed by atoms with Crippen molar-refractivity contribution in [2.24, 2.45) is 0 Å². The molecule has 1 heterocycles. The average Bonchev–Trinajstić information content (AvgIpc) is 3.06. The molecular weight excluding hydrogens is 354 g/mol. The van der Waals surface area contributed by atoms with Crippen molar-refractivity contribution in [2.75, 3.05) is 13.2 Å². The largest absolute Gasteiger partial charge is 0.482 e. The Hall–Kier alpha value is -2.67. The van der Waals surface area contributed by atoms with Gasteiger partial charge < -0.3 is 14.8 Å². The summed E-state index contributed by atoms with van der Waals surface area (Å²) in [6, 6.07) is 9.07. The highest BCUT2D eigenvalue weighted by atomic mass is 32.1. The number of ketones is 1. The number of Topliss-reactive ketones (excluding diaryl/α,β-unsaturated/α-hetero) is 1. The molecule has 6 nitrogen and oxygen atoms in total. The van der Waals surface area contributed by atoms with Crippen LogP contribution in [0.1, 0.15) is 32.6 Å². The monoisotopic (exact) mass is 375 g/mol. The van der Waals surface area contributed by atoms with Crippen LogP contribution in [-0.2, 0) is 20.9 Å². The van der Waals surface area contributed by atoms with Crippen molar-refractivity contribution in [1.82, 2.24) is 5.32 Å². The zero-order chi connectivity index (χ0) is 19.1. The second-order valence-corrected chi connectivity index (χ2v) is 6.99. The molecule has 1 amide bonds. The van der Waals surface area contributed by atoms with E-state index in [9.17, 15) is 14.4 Å². The molecule has 0 aliphatic heterocycles. The van der Waals surface area contributed by atoms with Gasteiger partial charge in [0, 0.05) is 11.8 Å². The van der Waals surface area contributed by atoms with Crippen LogP contribution in [0.4, 0.5) is 0 Å². The molecule has 0 fully saturated rings. The van der Waals surface area contributed by atoms with Crippen LogP contribution in [0.5, 0.6) is 5.75 Å². The summed E-state index contributed by atoms with van der Waals surface area (Å²) in [5.74, 6) is -0.416. The molecule has 0 saturated carbocycles. The number of esters is 1. The summed E-state index contributed by atoms with van der Waals surface area (Å²) in [7, 11) is 0. The molecular formula is C19H21NO5S. The maximum absolute atomic E-state index is 12.1. The lowest BCUT2D eigenvalue weighted by Gasteiger charge is -2.09. The standard InChI is InChI=1S/C19H21NO5S/c1-12-4-6-17(13(2)8-12)24-11-19(23)25-10-16(22)18-7-5-15(26-18)9-20-14(3)21/h4-8H,9-11H2,1-3H3,(H,20,21). The van der Waals surface area contributed by atoms with Gasteiger partial charge in [-0.2, -0.15) is 0 Å². The van der Waals surface area contributed by atoms with Crippen LogP contribution >= 0.6 is 11.3 Å². The van der Waals surface area contributed by atoms with Gasteiger partial charge in [0.15, 0.2) is 13.2 Å². The Morgan fingerprint density at radius 2 is 1.85 bits per heavy atom. The number of thiophene rings is 1. The summed E-state index contributed by atoms with van der Waals surface area (Å²) >= 11 is 1.26. The molecule has 0 radical (unpaired) electrons. The molecule has 0 atom stereocenters. The fraction of sp³-hybridized carbons (Fsp3) is 0.316. The normalized spacial score (nSPS) is 10.3. The van der Waals surface area contributed by atoms with Crippen molar-refractivity contribution >= 4 is 29.0 Å². The molecule has 0 aliphatic rings. The number of rotatable bonds is 8. The first-order valence-electron chi connectivity index (χ1n) is 8.07. The molecule has 2 rings (SSSR count). The Balaban J connectivity index is 1.77. The van der Waals surface area contributed by atoms with E-state index >= 15 is 0 Å². The predicted octanol–water partition coefficient (Wildman–Crippen LogP) is 2.81. The molecule has 0 aliphatic carbocycles. The summed E-state index contributed by atoms with van der Waals surface area (Å²) in [6.07, 6.45) is 0. The molecule has 138 valence electrons. The first-order valence-corrected chi connectivity index (χ1v) is 8.89. The van der Waals surface area contributed by atoms with Gasteiger partial charge in [0.05, 0.1) is 11.4 Å². The first kappa shape index (κ1) is 19.7. The average molecular weight is 375 g/mol. The van der Waals surface area contributed by atoms with Gasteiger partial charge in [0.2, 0.25) is 11.7 Å². The zero-order valence-electron chi connectivity index (χ0n) is 15.0. The number of ether oxygens (including phenoxy) is 2. The Kier molecular flexibility index (Phi) is 6.91. The lowest BCUT2D eigenvalue weighted by molar-refractivity contribution is -0.144. The van der Waals surface area contributed by atoms with Gasteiger partial charge in [0.25, 0.3) is 0 Å². The third-order valence-electron chi connectivity index (χ3n) is 3.49. The second kappa shape index (κ2) is 9.15. The highest BCUT2D eigenvalue weighted by molar-refractivity contribution is 7.14. The highest BCUT2D eigenvalue weighted by Gasteiger charge is 2.13. The van der Waals surface area contributed by atoms with E-state index in [1.807, 2.05) is 26.0 Å². The smallest absolute Gasteiger partial charge is 0.344 e. The molecule has 26 heavy (non-hydrogen) atoms. The Morgan fingerprint density at radius 1 is 1.08 bits per heavy atom. The van der Waals surface area contributed by atoms with Gasteiger partial charge in [-0.1, -0.05) is 17.7 Å². The van der Waals surface area contributed by atoms with Crippen molar-refractivity contribution in [2.45, 2.75) is 27.3 Å². The van der Waals surface area contributed by atoms with Gasteiger partial charge in [0.1, 0.15) is 5.75 Å². The number of hydrogen-bond acceptors (Lipinski definition) is 6. The maximum atomic E-state index is 12.1. The number of aryl methyl sites for hydroxylation is 2. The second-order valence-electron chi connectivity index (χ2n) is 5.82. The predicted molar refractivity (Wildman–Crippen MR) is 98.5 cm³/mol. The third kappa shape index (κ3) is 6.00. The van der Waals surface area contributed by atoms with E-state index in [1.54, 1.807) is 18.2 Å². The van der Waals surface area contributed by atoms with E-state index in [0.29, 0.717) is 17.2 Å². The maximum Gasteiger partial charge on any atom is 0.344 e. The Labute approximate surface area is 156 Å². The summed E-state index contributed by atoms with van der Waals surface area (Å²) in [5, 5.41) is 2.66. The van der Waals surface area contributed by atoms with E-state index in [4.69, 9.17) is 9.47 Å². The Bertz CT molecular complexity index is 812. The molecule has 1 aromatic carbocycles. The first-order chi connectivity index (χ1) is 12.3. The number of carbonyl (C=O) groups excluding carboxylic acids is 3. The number of carbonyl (C=O) groups is 3. The van der Waals surface area contributed by atoms with E-state index in [0.717, 1.165) is 16.0 Å². The summed E-state index contributed by atoms with van der Waals surface area (Å²) in [6.45, 7) is 5.08. The molecule has 0 bridgehead atoms. The van der Waals surface area contributed by atoms with E-state index in [1.165, 1.54) is 18.3 Å². The van der Waals surface area contributed by atoms with E-state index in [-0.39, 0.29) is 24.9 Å². The van der Waals surface area contributed by atoms with Crippen molar-refractivity contribution in [3.05, 3.63) is 51.2 Å². The van der Waals surface area contributed by atoms with Gasteiger partial charge in [-0.3, -0.25) is 9.59 Å². The minimum Gasteiger partial charge on any atom is -0.482 e. The lowest BCUT2D eigenvalue weighted by Crippen LogP contribution is -2.19. The van der Waals surface area contributed by atoms with Gasteiger partial charge in [-0.15, -0.1) is 11.3 Å². The lowest BCUT2D eigenvalue weighted by atomic mass is 10.1. The van der Waals surface area contributed by atoms with Crippen LogP contribution in [-0.4, -0.2) is 30.9 Å². The van der Waals surface area contributed by atoms with Gasteiger partial charge in [-0.25, -0.2) is 4.79 Å². The molecule has 0 spiro atoms. The van der Waals surface area contributed by atoms with E-state index < -0.39 is 5.97 Å². The van der Waals surface area contributed by atoms with Crippen LogP contribution < -0.4 is 10.1 Å². The number of hydrogen-bond donors (Lipinski definition) is 1. The Morgan fingerprint density at radius 3 is 2.54 bits per heavy atom. The van der Waals surface area contributed by atoms with E-state index in [2.05, 4.69) is 5.32 Å². The van der Waals surface area contributed by atoms with Crippen LogP contribution in [0.2, 0.25) is 0 Å². The molecule has 1 aromatic heterocycles. The molecule has 1 N–H and O–H groups in total. The van der Waals surface area contributed by atoms with Crippen molar-refractivity contribution in [3.8, 4) is 5.75 Å². The van der Waals surface area contributed by atoms with Crippen LogP contribution in [0.3, 0.4) is 0 Å². The fourth-order valence-electron chi connectivity index (χ4n) is 2.19. The zero-order valence-corrected chi connectivity index (χ0v) is 15.8. The SMILES string of the molecule is CC(=O)NCc1ccc(C(=O)COC(=O)COc2ccc(C)cc2C)s1. The minimum atomic E-state index is -0.603. The van der Waals surface area contributed by atoms with Gasteiger partial charge >= 0.3 is 5.97 Å². The molecule has 0 unspecified atom stereocenters. The summed E-state index contributed by atoms with van der Waals surface area (Å²) < 4.78 is 10.4. The topological polar surface area (TPSA) is 81.7 Å². The summed E-state index contributed by atoms with van der Waals surface area (Å²) in [4.78, 5) is 36.1. The highest BCUT2D eigenvalue weighted by Crippen LogP contribution is 2.19. The molecule has 2 aromatic rings. The fourth-order valence-corrected chi connectivity index (χ4v) is 3.06. The van der Waals surface area contributed by atoms with Gasteiger partial charge in [-0.05, 0) is 37.6 Å². The third-order valence-corrected chi connectivity index (χ3v) is 4.61. The number of nitrogens with one attached hydrogen (secondary N) is 1. The minimum absolute atomic E-state index is 0.135. The summed E-state index contributed by atoms with van der Waals surface area (Å²) in [5.41, 5.74) is 2.04. The number of amides is 1. The van der Waals surface area contributed by atoms with Crippen molar-refractivity contribution in [3.63, 3.8) is 0 Å². The van der Waals surface area contributed by atoms with Crippen LogP contribution in [0, 0.1) is 13.8 Å². The van der Waals surface area contributed by atoms with Crippen molar-refractivity contribution in [1.29, 1.82) is 0 Å². The van der Waals surface area contributed by atoms with Crippen LogP contribution in [0.25, 0.3) is 0 Å². The van der Waals surface area contributed by atoms with Crippen LogP contribution in [0.15, 0.2) is 30.3 Å². The quantitative estimate of drug-likeness (QED) is 0.567.